The van der Waals surface area contributed by atoms with Crippen LogP contribution in [0.5, 0.6) is 5.88 Å². The number of esters is 1. The van der Waals surface area contributed by atoms with E-state index < -0.39 is 0 Å². The van der Waals surface area contributed by atoms with Crippen molar-refractivity contribution in [3.05, 3.63) is 23.9 Å². The molecule has 1 saturated carbocycles. The molecule has 1 aromatic heterocycles. The smallest absolute Gasteiger partial charge is 0.338 e. The SMILES string of the molecule is CCC1CCCCC1Oc1cc(C(=O)OC)ccn1. The van der Waals surface area contributed by atoms with E-state index in [-0.39, 0.29) is 12.1 Å². The third-order valence-electron chi connectivity index (χ3n) is 3.79. The average molecular weight is 263 g/mol. The van der Waals surface area contributed by atoms with Crippen LogP contribution in [0.3, 0.4) is 0 Å². The molecule has 19 heavy (non-hydrogen) atoms. The van der Waals surface area contributed by atoms with Gasteiger partial charge in [0.2, 0.25) is 5.88 Å². The van der Waals surface area contributed by atoms with Crippen LogP contribution < -0.4 is 4.74 Å². The molecule has 0 aromatic carbocycles. The summed E-state index contributed by atoms with van der Waals surface area (Å²) < 4.78 is 10.7. The molecule has 0 spiro atoms. The first-order valence-electron chi connectivity index (χ1n) is 6.95. The maximum absolute atomic E-state index is 11.5. The van der Waals surface area contributed by atoms with Gasteiger partial charge in [0.15, 0.2) is 0 Å². The molecule has 0 aliphatic heterocycles. The van der Waals surface area contributed by atoms with Gasteiger partial charge in [-0.15, -0.1) is 0 Å². The van der Waals surface area contributed by atoms with Crippen LogP contribution in [-0.4, -0.2) is 24.2 Å². The number of rotatable bonds is 4. The summed E-state index contributed by atoms with van der Waals surface area (Å²) in [6.07, 6.45) is 7.72. The number of ether oxygens (including phenoxy) is 2. The highest BCUT2D eigenvalue weighted by atomic mass is 16.5. The number of aromatic nitrogens is 1. The van der Waals surface area contributed by atoms with E-state index in [2.05, 4.69) is 11.9 Å². The van der Waals surface area contributed by atoms with Gasteiger partial charge in [-0.05, 0) is 37.7 Å². The summed E-state index contributed by atoms with van der Waals surface area (Å²) in [5.41, 5.74) is 0.483. The topological polar surface area (TPSA) is 48.4 Å². The first-order valence-corrected chi connectivity index (χ1v) is 6.95. The summed E-state index contributed by atoms with van der Waals surface area (Å²) >= 11 is 0. The van der Waals surface area contributed by atoms with E-state index in [1.807, 2.05) is 0 Å². The Morgan fingerprint density at radius 1 is 1.42 bits per heavy atom. The van der Waals surface area contributed by atoms with Crippen LogP contribution in [0.25, 0.3) is 0 Å². The fraction of sp³-hybridized carbons (Fsp3) is 0.600. The van der Waals surface area contributed by atoms with Crippen molar-refractivity contribution in [1.29, 1.82) is 0 Å². The molecule has 1 heterocycles. The molecule has 4 nitrogen and oxygen atoms in total. The second-order valence-corrected chi connectivity index (χ2v) is 4.98. The molecule has 0 bridgehead atoms. The van der Waals surface area contributed by atoms with Crippen LogP contribution >= 0.6 is 0 Å². The highest BCUT2D eigenvalue weighted by Crippen LogP contribution is 2.30. The predicted molar refractivity (Wildman–Crippen MR) is 72.2 cm³/mol. The molecule has 2 atom stereocenters. The Hall–Kier alpha value is -1.58. The van der Waals surface area contributed by atoms with Crippen molar-refractivity contribution in [2.24, 2.45) is 5.92 Å². The fourth-order valence-electron chi connectivity index (χ4n) is 2.67. The highest BCUT2D eigenvalue weighted by Gasteiger charge is 2.25. The van der Waals surface area contributed by atoms with Crippen LogP contribution in [-0.2, 0) is 4.74 Å². The van der Waals surface area contributed by atoms with E-state index >= 15 is 0 Å². The Labute approximate surface area is 114 Å². The van der Waals surface area contributed by atoms with E-state index in [0.29, 0.717) is 17.4 Å². The Balaban J connectivity index is 2.07. The number of carbonyl (C=O) groups excluding carboxylic acids is 1. The monoisotopic (exact) mass is 263 g/mol. The molecule has 1 aliphatic carbocycles. The average Bonchev–Trinajstić information content (AvgIpc) is 2.47. The molecule has 104 valence electrons. The normalized spacial score (nSPS) is 22.8. The van der Waals surface area contributed by atoms with Gasteiger partial charge in [0.1, 0.15) is 6.10 Å². The minimum atomic E-state index is -0.358. The summed E-state index contributed by atoms with van der Waals surface area (Å²) in [4.78, 5) is 15.7. The molecule has 0 saturated heterocycles. The lowest BCUT2D eigenvalue weighted by Gasteiger charge is -2.30. The second kappa shape index (κ2) is 6.55. The lowest BCUT2D eigenvalue weighted by Crippen LogP contribution is -2.30. The van der Waals surface area contributed by atoms with E-state index in [9.17, 15) is 4.79 Å². The zero-order valence-corrected chi connectivity index (χ0v) is 11.6. The van der Waals surface area contributed by atoms with Crippen LogP contribution in [0.15, 0.2) is 18.3 Å². The van der Waals surface area contributed by atoms with E-state index in [1.165, 1.54) is 26.4 Å². The first-order chi connectivity index (χ1) is 9.24. The van der Waals surface area contributed by atoms with Gasteiger partial charge in [-0.25, -0.2) is 9.78 Å². The van der Waals surface area contributed by atoms with Crippen molar-refractivity contribution >= 4 is 5.97 Å². The molecular weight excluding hydrogens is 242 g/mol. The summed E-state index contributed by atoms with van der Waals surface area (Å²) in [5.74, 6) is 0.758. The number of nitrogens with zero attached hydrogens (tertiary/aromatic N) is 1. The molecule has 0 amide bonds. The second-order valence-electron chi connectivity index (χ2n) is 4.98. The van der Waals surface area contributed by atoms with Crippen molar-refractivity contribution < 1.29 is 14.3 Å². The Bertz CT molecular complexity index is 433. The quantitative estimate of drug-likeness (QED) is 0.783. The van der Waals surface area contributed by atoms with E-state index in [4.69, 9.17) is 9.47 Å². The van der Waals surface area contributed by atoms with Crippen LogP contribution in [0.4, 0.5) is 0 Å². The van der Waals surface area contributed by atoms with Gasteiger partial charge in [-0.2, -0.15) is 0 Å². The van der Waals surface area contributed by atoms with Crippen LogP contribution in [0.1, 0.15) is 49.4 Å². The van der Waals surface area contributed by atoms with Gasteiger partial charge in [-0.1, -0.05) is 13.3 Å². The van der Waals surface area contributed by atoms with Crippen LogP contribution in [0.2, 0.25) is 0 Å². The van der Waals surface area contributed by atoms with Crippen LogP contribution in [0, 0.1) is 5.92 Å². The molecule has 2 unspecified atom stereocenters. The van der Waals surface area contributed by atoms with Gasteiger partial charge in [0.25, 0.3) is 0 Å². The lowest BCUT2D eigenvalue weighted by molar-refractivity contribution is 0.0596. The van der Waals surface area contributed by atoms with Gasteiger partial charge in [-0.3, -0.25) is 0 Å². The molecule has 2 rings (SSSR count). The van der Waals surface area contributed by atoms with Gasteiger partial charge in [0.05, 0.1) is 12.7 Å². The molecule has 0 radical (unpaired) electrons. The largest absolute Gasteiger partial charge is 0.474 e. The minimum Gasteiger partial charge on any atom is -0.474 e. The highest BCUT2D eigenvalue weighted by molar-refractivity contribution is 5.89. The minimum absolute atomic E-state index is 0.221. The number of pyridine rings is 1. The molecule has 1 aliphatic rings. The first kappa shape index (κ1) is 13.8. The summed E-state index contributed by atoms with van der Waals surface area (Å²) in [5, 5.41) is 0. The van der Waals surface area contributed by atoms with Crippen molar-refractivity contribution in [3.8, 4) is 5.88 Å². The van der Waals surface area contributed by atoms with E-state index in [1.54, 1.807) is 18.3 Å². The molecular formula is C15H21NO3. The Morgan fingerprint density at radius 3 is 2.95 bits per heavy atom. The zero-order valence-electron chi connectivity index (χ0n) is 11.6. The third kappa shape index (κ3) is 3.46. The predicted octanol–water partition coefficient (Wildman–Crippen LogP) is 3.22. The van der Waals surface area contributed by atoms with Crippen molar-refractivity contribution in [3.63, 3.8) is 0 Å². The van der Waals surface area contributed by atoms with Gasteiger partial charge < -0.3 is 9.47 Å². The molecule has 1 fully saturated rings. The lowest BCUT2D eigenvalue weighted by atomic mass is 9.85. The Morgan fingerprint density at radius 2 is 2.21 bits per heavy atom. The van der Waals surface area contributed by atoms with Crippen molar-refractivity contribution in [2.75, 3.05) is 7.11 Å². The number of carbonyl (C=O) groups is 1. The third-order valence-corrected chi connectivity index (χ3v) is 3.79. The zero-order chi connectivity index (χ0) is 13.7. The van der Waals surface area contributed by atoms with Crippen molar-refractivity contribution in [1.82, 2.24) is 4.98 Å². The Kier molecular flexibility index (Phi) is 4.77. The summed E-state index contributed by atoms with van der Waals surface area (Å²) in [6.45, 7) is 2.20. The maximum Gasteiger partial charge on any atom is 0.338 e. The number of methoxy groups -OCH3 is 1. The standard InChI is InChI=1S/C15H21NO3/c1-3-11-6-4-5-7-13(11)19-14-10-12(8-9-16-14)15(17)18-2/h8-11,13H,3-7H2,1-2H3. The molecule has 4 heteroatoms. The van der Waals surface area contributed by atoms with E-state index in [0.717, 1.165) is 12.8 Å². The maximum atomic E-state index is 11.5. The summed E-state index contributed by atoms with van der Waals surface area (Å²) in [7, 11) is 1.37. The fourth-order valence-corrected chi connectivity index (χ4v) is 2.67. The van der Waals surface area contributed by atoms with Gasteiger partial charge >= 0.3 is 5.97 Å². The number of hydrogen-bond donors (Lipinski definition) is 0. The van der Waals surface area contributed by atoms with Crippen molar-refractivity contribution in [2.45, 2.75) is 45.1 Å². The number of hydrogen-bond acceptors (Lipinski definition) is 4. The summed E-state index contributed by atoms with van der Waals surface area (Å²) in [6, 6.07) is 3.30. The van der Waals surface area contributed by atoms with Gasteiger partial charge in [0, 0.05) is 12.3 Å². The molecule has 0 N–H and O–H groups in total. The molecule has 1 aromatic rings.